The molecule has 1 N–H and O–H groups in total. The van der Waals surface area contributed by atoms with Gasteiger partial charge in [-0.05, 0) is 44.4 Å². The van der Waals surface area contributed by atoms with Gasteiger partial charge in [0.25, 0.3) is 0 Å². The highest BCUT2D eigenvalue weighted by Gasteiger charge is 2.34. The second-order valence-electron chi connectivity index (χ2n) is 6.43. The summed E-state index contributed by atoms with van der Waals surface area (Å²) in [7, 11) is 0. The lowest BCUT2D eigenvalue weighted by atomic mass is 9.85. The SMILES string of the molecule is CC1CCC(N(C(=O)Nc2nccs2)C2CCOCC2)CC1. The van der Waals surface area contributed by atoms with Crippen molar-refractivity contribution in [2.45, 2.75) is 57.5 Å². The Bertz CT molecular complexity index is 466. The van der Waals surface area contributed by atoms with E-state index < -0.39 is 0 Å². The molecule has 22 heavy (non-hydrogen) atoms. The van der Waals surface area contributed by atoms with Gasteiger partial charge in [-0.15, -0.1) is 11.3 Å². The van der Waals surface area contributed by atoms with Crippen molar-refractivity contribution in [3.05, 3.63) is 11.6 Å². The topological polar surface area (TPSA) is 54.5 Å². The smallest absolute Gasteiger partial charge is 0.324 e. The zero-order chi connectivity index (χ0) is 15.4. The van der Waals surface area contributed by atoms with Crippen molar-refractivity contribution in [3.63, 3.8) is 0 Å². The van der Waals surface area contributed by atoms with E-state index in [1.54, 1.807) is 6.20 Å². The Morgan fingerprint density at radius 1 is 1.23 bits per heavy atom. The van der Waals surface area contributed by atoms with Crippen molar-refractivity contribution >= 4 is 22.5 Å². The molecule has 0 spiro atoms. The number of nitrogens with zero attached hydrogens (tertiary/aromatic N) is 2. The number of amides is 2. The zero-order valence-electron chi connectivity index (χ0n) is 13.2. The van der Waals surface area contributed by atoms with Crippen molar-refractivity contribution in [1.82, 2.24) is 9.88 Å². The number of rotatable bonds is 3. The predicted molar refractivity (Wildman–Crippen MR) is 88.2 cm³/mol. The lowest BCUT2D eigenvalue weighted by Gasteiger charge is -2.42. The number of hydrogen-bond acceptors (Lipinski definition) is 4. The van der Waals surface area contributed by atoms with Gasteiger partial charge in [0.05, 0.1) is 0 Å². The second kappa shape index (κ2) is 7.42. The minimum absolute atomic E-state index is 0.0152. The molecule has 0 radical (unpaired) electrons. The molecule has 0 unspecified atom stereocenters. The van der Waals surface area contributed by atoms with Crippen LogP contribution in [0.3, 0.4) is 0 Å². The Kier molecular flexibility index (Phi) is 5.31. The molecule has 122 valence electrons. The average molecular weight is 323 g/mol. The maximum absolute atomic E-state index is 12.8. The molecular formula is C16H25N3O2S. The molecule has 0 atom stereocenters. The minimum atomic E-state index is 0.0152. The molecule has 1 aromatic rings. The molecule has 5 nitrogen and oxygen atoms in total. The van der Waals surface area contributed by atoms with Crippen LogP contribution >= 0.6 is 11.3 Å². The highest BCUT2D eigenvalue weighted by molar-refractivity contribution is 7.13. The zero-order valence-corrected chi connectivity index (χ0v) is 14.0. The van der Waals surface area contributed by atoms with Crippen molar-refractivity contribution in [2.75, 3.05) is 18.5 Å². The Morgan fingerprint density at radius 3 is 2.55 bits per heavy atom. The summed E-state index contributed by atoms with van der Waals surface area (Å²) < 4.78 is 5.47. The first kappa shape index (κ1) is 15.7. The van der Waals surface area contributed by atoms with Gasteiger partial charge < -0.3 is 9.64 Å². The van der Waals surface area contributed by atoms with Crippen LogP contribution in [0.4, 0.5) is 9.93 Å². The molecule has 6 heteroatoms. The second-order valence-corrected chi connectivity index (χ2v) is 7.33. The largest absolute Gasteiger partial charge is 0.381 e. The maximum Gasteiger partial charge on any atom is 0.324 e. The normalized spacial score (nSPS) is 26.6. The fourth-order valence-corrected chi connectivity index (χ4v) is 4.07. The minimum Gasteiger partial charge on any atom is -0.381 e. The van der Waals surface area contributed by atoms with Gasteiger partial charge in [0.1, 0.15) is 0 Å². The fraction of sp³-hybridized carbons (Fsp3) is 0.750. The molecule has 3 rings (SSSR count). The van der Waals surface area contributed by atoms with Crippen molar-refractivity contribution in [2.24, 2.45) is 5.92 Å². The Labute approximate surface area is 136 Å². The van der Waals surface area contributed by atoms with Crippen molar-refractivity contribution in [3.8, 4) is 0 Å². The molecule has 1 aliphatic heterocycles. The number of hydrogen-bond donors (Lipinski definition) is 1. The quantitative estimate of drug-likeness (QED) is 0.922. The standard InChI is InChI=1S/C16H25N3O2S/c1-12-2-4-13(5-3-12)19(14-6-9-21-10-7-14)16(20)18-15-17-8-11-22-15/h8,11-14H,2-7,9-10H2,1H3,(H,17,18,20). The highest BCUT2D eigenvalue weighted by Crippen LogP contribution is 2.31. The van der Waals surface area contributed by atoms with Gasteiger partial charge in [-0.3, -0.25) is 5.32 Å². The monoisotopic (exact) mass is 323 g/mol. The summed E-state index contributed by atoms with van der Waals surface area (Å²) >= 11 is 1.47. The van der Waals surface area contributed by atoms with Gasteiger partial charge in [-0.25, -0.2) is 9.78 Å². The van der Waals surface area contributed by atoms with E-state index >= 15 is 0 Å². The van der Waals surface area contributed by atoms with E-state index in [2.05, 4.69) is 22.1 Å². The molecule has 1 aromatic heterocycles. The molecule has 2 fully saturated rings. The summed E-state index contributed by atoms with van der Waals surface area (Å²) in [5, 5.41) is 5.55. The van der Waals surface area contributed by atoms with Crippen molar-refractivity contribution in [1.29, 1.82) is 0 Å². The lowest BCUT2D eigenvalue weighted by Crippen LogP contribution is -2.52. The molecule has 2 aliphatic rings. The number of ether oxygens (including phenoxy) is 1. The molecule has 0 aromatic carbocycles. The van der Waals surface area contributed by atoms with E-state index in [0.29, 0.717) is 17.2 Å². The number of thiazole rings is 1. The van der Waals surface area contributed by atoms with Gasteiger partial charge in [0.2, 0.25) is 0 Å². The summed E-state index contributed by atoms with van der Waals surface area (Å²) in [5.74, 6) is 0.787. The molecular weight excluding hydrogens is 298 g/mol. The van der Waals surface area contributed by atoms with Crippen LogP contribution in [0.2, 0.25) is 0 Å². The third kappa shape index (κ3) is 3.79. The molecule has 1 saturated carbocycles. The van der Waals surface area contributed by atoms with Gasteiger partial charge in [0.15, 0.2) is 5.13 Å². The predicted octanol–water partition coefficient (Wildman–Crippen LogP) is 3.73. The first-order valence-electron chi connectivity index (χ1n) is 8.30. The molecule has 2 heterocycles. The Morgan fingerprint density at radius 2 is 1.91 bits per heavy atom. The van der Waals surface area contributed by atoms with Gasteiger partial charge >= 0.3 is 6.03 Å². The molecule has 2 amide bonds. The van der Waals surface area contributed by atoms with Crippen LogP contribution in [0.15, 0.2) is 11.6 Å². The number of urea groups is 1. The van der Waals surface area contributed by atoms with E-state index in [0.717, 1.165) is 44.8 Å². The molecule has 1 saturated heterocycles. The van der Waals surface area contributed by atoms with E-state index in [9.17, 15) is 4.79 Å². The van der Waals surface area contributed by atoms with Crippen LogP contribution in [-0.2, 0) is 4.74 Å². The van der Waals surface area contributed by atoms with Crippen LogP contribution in [0.5, 0.6) is 0 Å². The van der Waals surface area contributed by atoms with Crippen LogP contribution in [0.25, 0.3) is 0 Å². The summed E-state index contributed by atoms with van der Waals surface area (Å²) in [5.41, 5.74) is 0. The maximum atomic E-state index is 12.8. The first-order chi connectivity index (χ1) is 10.7. The number of carbonyl (C=O) groups is 1. The third-order valence-corrected chi connectivity index (χ3v) is 5.53. The van der Waals surface area contributed by atoms with E-state index in [4.69, 9.17) is 4.74 Å². The van der Waals surface area contributed by atoms with Crippen LogP contribution in [-0.4, -0.2) is 41.2 Å². The van der Waals surface area contributed by atoms with E-state index in [-0.39, 0.29) is 6.03 Å². The summed E-state index contributed by atoms with van der Waals surface area (Å²) in [4.78, 5) is 19.1. The number of aromatic nitrogens is 1. The number of anilines is 1. The fourth-order valence-electron chi connectivity index (χ4n) is 3.55. The third-order valence-electron chi connectivity index (χ3n) is 4.84. The number of nitrogens with one attached hydrogen (secondary N) is 1. The van der Waals surface area contributed by atoms with Crippen molar-refractivity contribution < 1.29 is 9.53 Å². The van der Waals surface area contributed by atoms with E-state index in [1.807, 2.05) is 5.38 Å². The average Bonchev–Trinajstić information content (AvgIpc) is 3.03. The first-order valence-corrected chi connectivity index (χ1v) is 9.18. The molecule has 1 aliphatic carbocycles. The van der Waals surface area contributed by atoms with Gasteiger partial charge in [-0.1, -0.05) is 6.92 Å². The number of carbonyl (C=O) groups excluding carboxylic acids is 1. The van der Waals surface area contributed by atoms with E-state index in [1.165, 1.54) is 24.2 Å². The summed E-state index contributed by atoms with van der Waals surface area (Å²) in [6.07, 6.45) is 8.27. The Hall–Kier alpha value is -1.14. The van der Waals surface area contributed by atoms with Gasteiger partial charge in [0, 0.05) is 36.9 Å². The summed E-state index contributed by atoms with van der Waals surface area (Å²) in [6, 6.07) is 0.674. The van der Waals surface area contributed by atoms with Crippen LogP contribution in [0, 0.1) is 5.92 Å². The van der Waals surface area contributed by atoms with Crippen LogP contribution in [0.1, 0.15) is 45.4 Å². The summed E-state index contributed by atoms with van der Waals surface area (Å²) in [6.45, 7) is 3.83. The van der Waals surface area contributed by atoms with Crippen LogP contribution < -0.4 is 5.32 Å². The lowest BCUT2D eigenvalue weighted by molar-refractivity contribution is 0.0279. The van der Waals surface area contributed by atoms with Gasteiger partial charge in [-0.2, -0.15) is 0 Å². The Balaban J connectivity index is 1.71. The molecule has 0 bridgehead atoms. The highest BCUT2D eigenvalue weighted by atomic mass is 32.1.